The van der Waals surface area contributed by atoms with Gasteiger partial charge in [-0.15, -0.1) is 0 Å². The van der Waals surface area contributed by atoms with Gasteiger partial charge in [-0.05, 0) is 36.4 Å². The summed E-state index contributed by atoms with van der Waals surface area (Å²) in [4.78, 5) is 18.3. The van der Waals surface area contributed by atoms with Gasteiger partial charge in [0.2, 0.25) is 5.91 Å². The van der Waals surface area contributed by atoms with Crippen molar-refractivity contribution in [2.45, 2.75) is 20.8 Å². The summed E-state index contributed by atoms with van der Waals surface area (Å²) in [6.07, 6.45) is 1.65. The van der Waals surface area contributed by atoms with E-state index in [9.17, 15) is 4.79 Å². The van der Waals surface area contributed by atoms with Crippen LogP contribution in [0.3, 0.4) is 0 Å². The third-order valence-electron chi connectivity index (χ3n) is 3.36. The second kappa shape index (κ2) is 6.69. The average molecular weight is 312 g/mol. The molecular weight excluding hydrogens is 288 g/mol. The van der Waals surface area contributed by atoms with Crippen LogP contribution in [-0.4, -0.2) is 25.0 Å². The summed E-state index contributed by atoms with van der Waals surface area (Å²) in [6.45, 7) is 5.63. The lowest BCUT2D eigenvalue weighted by molar-refractivity contribution is -0.123. The molecule has 0 saturated heterocycles. The van der Waals surface area contributed by atoms with Gasteiger partial charge in [-0.25, -0.2) is 4.98 Å². The van der Waals surface area contributed by atoms with E-state index in [0.717, 1.165) is 17.2 Å². The normalized spacial score (nSPS) is 11.0. The van der Waals surface area contributed by atoms with Gasteiger partial charge in [0.25, 0.3) is 0 Å². The Morgan fingerprint density at radius 2 is 1.61 bits per heavy atom. The fraction of sp³-hybridized carbons (Fsp3) is 0.333. The number of pyridine rings is 1. The van der Waals surface area contributed by atoms with Crippen molar-refractivity contribution in [2.24, 2.45) is 5.41 Å². The highest BCUT2D eigenvalue weighted by atomic mass is 16.2. The SMILES string of the molecule is CN(C)c1ccc(Nc2ccc(NC(=O)C(C)(C)C)cn2)cc1. The van der Waals surface area contributed by atoms with Gasteiger partial charge in [-0.2, -0.15) is 0 Å². The molecule has 0 aliphatic rings. The standard InChI is InChI=1S/C18H24N4O/c1-18(2,3)17(23)21-14-8-11-16(19-12-14)20-13-6-9-15(10-7-13)22(4)5/h6-12H,1-5H3,(H,19,20)(H,21,23). The Labute approximate surface area is 137 Å². The zero-order chi connectivity index (χ0) is 17.0. The topological polar surface area (TPSA) is 57.3 Å². The van der Waals surface area contributed by atoms with Crippen LogP contribution in [0.1, 0.15) is 20.8 Å². The van der Waals surface area contributed by atoms with Crippen LogP contribution in [-0.2, 0) is 4.79 Å². The lowest BCUT2D eigenvalue weighted by atomic mass is 9.96. The summed E-state index contributed by atoms with van der Waals surface area (Å²) in [6, 6.07) is 11.8. The van der Waals surface area contributed by atoms with Crippen LogP contribution < -0.4 is 15.5 Å². The third-order valence-corrected chi connectivity index (χ3v) is 3.36. The predicted octanol–water partition coefficient (Wildman–Crippen LogP) is 3.88. The molecule has 0 radical (unpaired) electrons. The number of amides is 1. The van der Waals surface area contributed by atoms with Crippen molar-refractivity contribution in [3.05, 3.63) is 42.6 Å². The Morgan fingerprint density at radius 3 is 2.09 bits per heavy atom. The molecule has 0 bridgehead atoms. The Bertz CT molecular complexity index is 655. The second-order valence-electron chi connectivity index (χ2n) is 6.70. The number of rotatable bonds is 4. The Kier molecular flexibility index (Phi) is 4.89. The summed E-state index contributed by atoms with van der Waals surface area (Å²) in [5.74, 6) is 0.704. The molecule has 2 aromatic rings. The van der Waals surface area contributed by atoms with E-state index in [2.05, 4.69) is 20.5 Å². The molecule has 2 N–H and O–H groups in total. The molecule has 0 aliphatic heterocycles. The maximum Gasteiger partial charge on any atom is 0.229 e. The molecule has 0 fully saturated rings. The first kappa shape index (κ1) is 16.8. The number of aromatic nitrogens is 1. The van der Waals surface area contributed by atoms with Gasteiger partial charge in [0.1, 0.15) is 5.82 Å². The third kappa shape index (κ3) is 4.71. The summed E-state index contributed by atoms with van der Waals surface area (Å²) in [5, 5.41) is 6.10. The Morgan fingerprint density at radius 1 is 1.00 bits per heavy atom. The molecule has 122 valence electrons. The molecule has 0 aliphatic carbocycles. The van der Waals surface area contributed by atoms with E-state index in [0.29, 0.717) is 5.69 Å². The molecule has 0 unspecified atom stereocenters. The fourth-order valence-corrected chi connectivity index (χ4v) is 1.85. The van der Waals surface area contributed by atoms with Crippen molar-refractivity contribution < 1.29 is 4.79 Å². The molecule has 0 saturated carbocycles. The van der Waals surface area contributed by atoms with Crippen molar-refractivity contribution in [2.75, 3.05) is 29.6 Å². The maximum absolute atomic E-state index is 11.9. The van der Waals surface area contributed by atoms with Gasteiger partial charge in [0, 0.05) is 30.9 Å². The number of nitrogens with one attached hydrogen (secondary N) is 2. The zero-order valence-electron chi connectivity index (χ0n) is 14.3. The molecule has 2 rings (SSSR count). The van der Waals surface area contributed by atoms with Gasteiger partial charge < -0.3 is 15.5 Å². The van der Waals surface area contributed by atoms with E-state index < -0.39 is 5.41 Å². The number of hydrogen-bond donors (Lipinski definition) is 2. The lowest BCUT2D eigenvalue weighted by Gasteiger charge is -2.17. The summed E-state index contributed by atoms with van der Waals surface area (Å²) in [7, 11) is 4.02. The predicted molar refractivity (Wildman–Crippen MR) is 96.4 cm³/mol. The molecule has 1 aromatic heterocycles. The minimum absolute atomic E-state index is 0.0284. The van der Waals surface area contributed by atoms with Crippen molar-refractivity contribution in [1.82, 2.24) is 4.98 Å². The van der Waals surface area contributed by atoms with Gasteiger partial charge in [-0.3, -0.25) is 4.79 Å². The van der Waals surface area contributed by atoms with E-state index in [1.807, 2.05) is 71.3 Å². The first-order chi connectivity index (χ1) is 10.8. The average Bonchev–Trinajstić information content (AvgIpc) is 2.49. The molecule has 5 heteroatoms. The smallest absolute Gasteiger partial charge is 0.229 e. The number of carbonyl (C=O) groups is 1. The lowest BCUT2D eigenvalue weighted by Crippen LogP contribution is -2.27. The Hall–Kier alpha value is -2.56. The minimum atomic E-state index is -0.425. The van der Waals surface area contributed by atoms with Crippen LogP contribution in [0.25, 0.3) is 0 Å². The van der Waals surface area contributed by atoms with Crippen LogP contribution in [0.2, 0.25) is 0 Å². The van der Waals surface area contributed by atoms with Crippen LogP contribution >= 0.6 is 0 Å². The van der Waals surface area contributed by atoms with E-state index in [-0.39, 0.29) is 5.91 Å². The van der Waals surface area contributed by atoms with Crippen molar-refractivity contribution in [1.29, 1.82) is 0 Å². The maximum atomic E-state index is 11.9. The van der Waals surface area contributed by atoms with Gasteiger partial charge in [0.05, 0.1) is 11.9 Å². The molecular formula is C18H24N4O. The van der Waals surface area contributed by atoms with Crippen molar-refractivity contribution in [3.8, 4) is 0 Å². The molecule has 23 heavy (non-hydrogen) atoms. The number of benzene rings is 1. The molecule has 0 atom stereocenters. The summed E-state index contributed by atoms with van der Waals surface area (Å²) >= 11 is 0. The zero-order valence-corrected chi connectivity index (χ0v) is 14.3. The summed E-state index contributed by atoms with van der Waals surface area (Å²) in [5.41, 5.74) is 2.38. The van der Waals surface area contributed by atoms with Gasteiger partial charge in [0.15, 0.2) is 0 Å². The van der Waals surface area contributed by atoms with E-state index in [1.165, 1.54) is 0 Å². The fourth-order valence-electron chi connectivity index (χ4n) is 1.85. The number of carbonyl (C=O) groups excluding carboxylic acids is 1. The number of hydrogen-bond acceptors (Lipinski definition) is 4. The minimum Gasteiger partial charge on any atom is -0.378 e. The first-order valence-electron chi connectivity index (χ1n) is 7.57. The van der Waals surface area contributed by atoms with Crippen molar-refractivity contribution in [3.63, 3.8) is 0 Å². The van der Waals surface area contributed by atoms with Crippen LogP contribution in [0.4, 0.5) is 22.9 Å². The number of anilines is 4. The molecule has 1 aromatic carbocycles. The summed E-state index contributed by atoms with van der Waals surface area (Å²) < 4.78 is 0. The van der Waals surface area contributed by atoms with Crippen LogP contribution in [0, 0.1) is 5.41 Å². The second-order valence-corrected chi connectivity index (χ2v) is 6.70. The van der Waals surface area contributed by atoms with E-state index >= 15 is 0 Å². The van der Waals surface area contributed by atoms with Crippen LogP contribution in [0.5, 0.6) is 0 Å². The van der Waals surface area contributed by atoms with Crippen molar-refractivity contribution >= 4 is 28.8 Å². The number of nitrogens with zero attached hydrogens (tertiary/aromatic N) is 2. The van der Waals surface area contributed by atoms with E-state index in [1.54, 1.807) is 6.20 Å². The highest BCUT2D eigenvalue weighted by Crippen LogP contribution is 2.21. The first-order valence-corrected chi connectivity index (χ1v) is 7.57. The highest BCUT2D eigenvalue weighted by molar-refractivity contribution is 5.94. The van der Waals surface area contributed by atoms with Gasteiger partial charge in [-0.1, -0.05) is 20.8 Å². The van der Waals surface area contributed by atoms with E-state index in [4.69, 9.17) is 0 Å². The van der Waals surface area contributed by atoms with Crippen LogP contribution in [0.15, 0.2) is 42.6 Å². The molecule has 0 spiro atoms. The molecule has 1 heterocycles. The van der Waals surface area contributed by atoms with Gasteiger partial charge >= 0.3 is 0 Å². The Balaban J connectivity index is 2.01. The largest absolute Gasteiger partial charge is 0.378 e. The molecule has 1 amide bonds. The molecule has 5 nitrogen and oxygen atoms in total. The quantitative estimate of drug-likeness (QED) is 0.899. The highest BCUT2D eigenvalue weighted by Gasteiger charge is 2.21. The monoisotopic (exact) mass is 312 g/mol.